The lowest BCUT2D eigenvalue weighted by atomic mass is 10.0. The molecule has 2 N–H and O–H groups in total. The van der Waals surface area contributed by atoms with Crippen LogP contribution in [0.3, 0.4) is 0 Å². The van der Waals surface area contributed by atoms with Gasteiger partial charge in [-0.25, -0.2) is 4.79 Å². The quantitative estimate of drug-likeness (QED) is 0.664. The van der Waals surface area contributed by atoms with Gasteiger partial charge >= 0.3 is 12.1 Å². The number of carboxylic acids is 1. The Morgan fingerprint density at radius 3 is 2.41 bits per heavy atom. The molecule has 9 heteroatoms. The van der Waals surface area contributed by atoms with Crippen LogP contribution in [-0.2, 0) is 17.6 Å². The summed E-state index contributed by atoms with van der Waals surface area (Å²) in [5.41, 5.74) is -0.0896. The zero-order valence-electron chi connectivity index (χ0n) is 15.6. The van der Waals surface area contributed by atoms with Gasteiger partial charge in [-0.15, -0.1) is 0 Å². The number of amides is 1. The van der Waals surface area contributed by atoms with Crippen LogP contribution in [0, 0.1) is 5.92 Å². The van der Waals surface area contributed by atoms with E-state index in [1.165, 1.54) is 12.1 Å². The molecule has 5 nitrogen and oxygen atoms in total. The number of halogens is 4. The number of benzene rings is 2. The van der Waals surface area contributed by atoms with Crippen molar-refractivity contribution in [2.24, 2.45) is 5.92 Å². The maximum absolute atomic E-state index is 12.7. The van der Waals surface area contributed by atoms with E-state index in [1.807, 2.05) is 0 Å². The molecule has 2 aromatic carbocycles. The van der Waals surface area contributed by atoms with Crippen LogP contribution >= 0.6 is 11.6 Å². The topological polar surface area (TPSA) is 75.6 Å². The Balaban J connectivity index is 2.09. The summed E-state index contributed by atoms with van der Waals surface area (Å²) < 4.78 is 43.5. The van der Waals surface area contributed by atoms with Crippen molar-refractivity contribution < 1.29 is 32.6 Å². The van der Waals surface area contributed by atoms with Gasteiger partial charge in [-0.2, -0.15) is 13.2 Å². The number of hydrogen-bond acceptors (Lipinski definition) is 3. The minimum absolute atomic E-state index is 0.0429. The van der Waals surface area contributed by atoms with Crippen LogP contribution in [0.25, 0.3) is 0 Å². The number of rotatable bonds is 7. The van der Waals surface area contributed by atoms with Crippen LogP contribution in [0.4, 0.5) is 13.2 Å². The molecular formula is C20H19ClF3NO4. The highest BCUT2D eigenvalue weighted by molar-refractivity contribution is 6.32. The molecule has 0 saturated carbocycles. The first-order valence-electron chi connectivity index (χ1n) is 8.61. The molecule has 0 radical (unpaired) electrons. The van der Waals surface area contributed by atoms with Crippen molar-refractivity contribution in [3.63, 3.8) is 0 Å². The van der Waals surface area contributed by atoms with Gasteiger partial charge in [-0.3, -0.25) is 4.79 Å². The zero-order chi connectivity index (χ0) is 21.8. The van der Waals surface area contributed by atoms with Crippen LogP contribution in [0.15, 0.2) is 42.5 Å². The number of ether oxygens (including phenoxy) is 1. The van der Waals surface area contributed by atoms with Crippen molar-refractivity contribution in [2.45, 2.75) is 32.7 Å². The minimum Gasteiger partial charge on any atom is -0.487 e. The number of aliphatic carboxylic acids is 1. The predicted octanol–water partition coefficient (Wildman–Crippen LogP) is 4.78. The van der Waals surface area contributed by atoms with E-state index in [0.29, 0.717) is 5.56 Å². The molecule has 29 heavy (non-hydrogen) atoms. The minimum atomic E-state index is -4.51. The first kappa shape index (κ1) is 22.5. The molecule has 0 unspecified atom stereocenters. The Bertz CT molecular complexity index is 900. The molecule has 156 valence electrons. The smallest absolute Gasteiger partial charge is 0.416 e. The molecule has 0 heterocycles. The molecule has 0 aliphatic carbocycles. The largest absolute Gasteiger partial charge is 0.487 e. The summed E-state index contributed by atoms with van der Waals surface area (Å²) in [5, 5.41) is 11.5. The SMILES string of the molecule is CC(C)[C@H](NC(=O)c1cccc(COc2ccc(C(F)(F)F)cc2Cl)c1)C(=O)O. The summed E-state index contributed by atoms with van der Waals surface area (Å²) in [4.78, 5) is 23.6. The molecular weight excluding hydrogens is 411 g/mol. The van der Waals surface area contributed by atoms with E-state index in [-0.39, 0.29) is 28.9 Å². The van der Waals surface area contributed by atoms with Gasteiger partial charge < -0.3 is 15.2 Å². The van der Waals surface area contributed by atoms with Crippen molar-refractivity contribution in [2.75, 3.05) is 0 Å². The number of carbonyl (C=O) groups is 2. The lowest BCUT2D eigenvalue weighted by Crippen LogP contribution is -2.44. The molecule has 2 aromatic rings. The average Bonchev–Trinajstić information content (AvgIpc) is 2.63. The van der Waals surface area contributed by atoms with Gasteiger partial charge in [0, 0.05) is 5.56 Å². The first-order chi connectivity index (χ1) is 13.5. The van der Waals surface area contributed by atoms with E-state index in [1.54, 1.807) is 26.0 Å². The molecule has 1 atom stereocenters. The highest BCUT2D eigenvalue weighted by Gasteiger charge is 2.31. The summed E-state index contributed by atoms with van der Waals surface area (Å²) in [7, 11) is 0. The summed E-state index contributed by atoms with van der Waals surface area (Å²) in [6.07, 6.45) is -4.51. The van der Waals surface area contributed by atoms with Crippen LogP contribution in [-0.4, -0.2) is 23.0 Å². The van der Waals surface area contributed by atoms with E-state index < -0.39 is 29.7 Å². The zero-order valence-corrected chi connectivity index (χ0v) is 16.3. The second-order valence-electron chi connectivity index (χ2n) is 6.67. The third-order valence-electron chi connectivity index (χ3n) is 4.06. The van der Waals surface area contributed by atoms with Gasteiger partial charge in [0.15, 0.2) is 0 Å². The van der Waals surface area contributed by atoms with Crippen molar-refractivity contribution in [3.05, 3.63) is 64.2 Å². The molecule has 0 bridgehead atoms. The summed E-state index contributed by atoms with van der Waals surface area (Å²) in [6.45, 7) is 3.31. The lowest BCUT2D eigenvalue weighted by molar-refractivity contribution is -0.140. The summed E-state index contributed by atoms with van der Waals surface area (Å²) in [6, 6.07) is 8.01. The van der Waals surface area contributed by atoms with Crippen molar-refractivity contribution in [1.82, 2.24) is 5.32 Å². The maximum atomic E-state index is 12.7. The Morgan fingerprint density at radius 1 is 1.17 bits per heavy atom. The Morgan fingerprint density at radius 2 is 1.86 bits per heavy atom. The lowest BCUT2D eigenvalue weighted by Gasteiger charge is -2.18. The van der Waals surface area contributed by atoms with Gasteiger partial charge in [0.1, 0.15) is 18.4 Å². The number of hydrogen-bond donors (Lipinski definition) is 2. The van der Waals surface area contributed by atoms with E-state index in [0.717, 1.165) is 18.2 Å². The first-order valence-corrected chi connectivity index (χ1v) is 8.99. The van der Waals surface area contributed by atoms with Gasteiger partial charge in [-0.1, -0.05) is 37.6 Å². The molecule has 1 amide bonds. The van der Waals surface area contributed by atoms with E-state index in [2.05, 4.69) is 5.32 Å². The molecule has 0 saturated heterocycles. The highest BCUT2D eigenvalue weighted by Crippen LogP contribution is 2.34. The van der Waals surface area contributed by atoms with Crippen LogP contribution in [0.5, 0.6) is 5.75 Å². The number of carboxylic acid groups (broad SMARTS) is 1. The third-order valence-corrected chi connectivity index (χ3v) is 4.36. The van der Waals surface area contributed by atoms with Gasteiger partial charge in [0.2, 0.25) is 0 Å². The van der Waals surface area contributed by atoms with E-state index in [9.17, 15) is 27.9 Å². The standard InChI is InChI=1S/C20H19ClF3NO4/c1-11(2)17(19(27)28)25-18(26)13-5-3-4-12(8-13)10-29-16-7-6-14(9-15(16)21)20(22,23)24/h3-9,11,17H,10H2,1-2H3,(H,25,26)(H,27,28)/t17-/m0/s1. The maximum Gasteiger partial charge on any atom is 0.416 e. The highest BCUT2D eigenvalue weighted by atomic mass is 35.5. The molecule has 0 aliphatic heterocycles. The Kier molecular flexibility index (Phi) is 7.13. The number of alkyl halides is 3. The van der Waals surface area contributed by atoms with Gasteiger partial charge in [0.25, 0.3) is 5.91 Å². The van der Waals surface area contributed by atoms with Crippen LogP contribution in [0.1, 0.15) is 35.3 Å². The van der Waals surface area contributed by atoms with Gasteiger partial charge in [-0.05, 0) is 41.8 Å². The monoisotopic (exact) mass is 429 g/mol. The molecule has 0 aromatic heterocycles. The Hall–Kier alpha value is -2.74. The molecule has 0 fully saturated rings. The number of carbonyl (C=O) groups excluding carboxylic acids is 1. The predicted molar refractivity (Wildman–Crippen MR) is 101 cm³/mol. The fourth-order valence-corrected chi connectivity index (χ4v) is 2.73. The second-order valence-corrected chi connectivity index (χ2v) is 7.07. The van der Waals surface area contributed by atoms with Crippen LogP contribution in [0.2, 0.25) is 5.02 Å². The summed E-state index contributed by atoms with van der Waals surface area (Å²) in [5.74, 6) is -1.92. The van der Waals surface area contributed by atoms with Gasteiger partial charge in [0.05, 0.1) is 10.6 Å². The normalized spacial score (nSPS) is 12.5. The fourth-order valence-electron chi connectivity index (χ4n) is 2.50. The molecule has 0 spiro atoms. The fraction of sp³-hybridized carbons (Fsp3) is 0.300. The second kappa shape index (κ2) is 9.17. The van der Waals surface area contributed by atoms with Crippen molar-refractivity contribution in [1.29, 1.82) is 0 Å². The average molecular weight is 430 g/mol. The van der Waals surface area contributed by atoms with Crippen molar-refractivity contribution >= 4 is 23.5 Å². The third kappa shape index (κ3) is 6.12. The van der Waals surface area contributed by atoms with E-state index in [4.69, 9.17) is 16.3 Å². The molecule has 0 aliphatic rings. The molecule has 2 rings (SSSR count). The van der Waals surface area contributed by atoms with Crippen LogP contribution < -0.4 is 10.1 Å². The van der Waals surface area contributed by atoms with E-state index >= 15 is 0 Å². The summed E-state index contributed by atoms with van der Waals surface area (Å²) >= 11 is 5.86. The Labute approximate surface area is 170 Å². The van der Waals surface area contributed by atoms with Crippen molar-refractivity contribution in [3.8, 4) is 5.75 Å². The number of nitrogens with one attached hydrogen (secondary N) is 1.